The van der Waals surface area contributed by atoms with Crippen LogP contribution < -0.4 is 5.32 Å². The van der Waals surface area contributed by atoms with Crippen molar-refractivity contribution in [3.05, 3.63) is 54.1 Å². The van der Waals surface area contributed by atoms with Gasteiger partial charge in [-0.15, -0.1) is 0 Å². The Morgan fingerprint density at radius 2 is 1.68 bits per heavy atom. The van der Waals surface area contributed by atoms with E-state index >= 15 is 0 Å². The number of imidazole rings is 1. The molecule has 3 aromatic rings. The summed E-state index contributed by atoms with van der Waals surface area (Å²) in [7, 11) is -3.53. The van der Waals surface area contributed by atoms with Crippen LogP contribution in [0, 0.1) is 0 Å². The number of benzene rings is 2. The first-order valence-corrected chi connectivity index (χ1v) is 12.3. The van der Waals surface area contributed by atoms with Crippen molar-refractivity contribution in [3.8, 4) is 0 Å². The van der Waals surface area contributed by atoms with E-state index in [9.17, 15) is 13.2 Å². The van der Waals surface area contributed by atoms with Gasteiger partial charge in [0.25, 0.3) is 5.91 Å². The molecule has 0 atom stereocenters. The van der Waals surface area contributed by atoms with Crippen LogP contribution in [0.25, 0.3) is 11.0 Å². The molecule has 1 aliphatic rings. The second-order valence-electron chi connectivity index (χ2n) is 7.87. The zero-order valence-electron chi connectivity index (χ0n) is 17.8. The van der Waals surface area contributed by atoms with Gasteiger partial charge < -0.3 is 4.57 Å². The molecule has 1 N–H and O–H groups in total. The van der Waals surface area contributed by atoms with Gasteiger partial charge >= 0.3 is 0 Å². The van der Waals surface area contributed by atoms with E-state index in [0.29, 0.717) is 24.6 Å². The fourth-order valence-electron chi connectivity index (χ4n) is 4.00. The average Bonchev–Trinajstić information content (AvgIpc) is 2.95. The van der Waals surface area contributed by atoms with Crippen molar-refractivity contribution in [1.29, 1.82) is 0 Å². The minimum absolute atomic E-state index is 0.226. The SMILES string of the molecule is CCCn1c(NC(=O)c2ccc(S(=O)(=O)N3CCCCCC3)cc2)nc2ccccc21. The van der Waals surface area contributed by atoms with E-state index in [4.69, 9.17) is 0 Å². The number of carbonyl (C=O) groups is 1. The number of carbonyl (C=O) groups excluding carboxylic acids is 1. The highest BCUT2D eigenvalue weighted by atomic mass is 32.2. The molecule has 1 saturated heterocycles. The Balaban J connectivity index is 1.54. The third-order valence-electron chi connectivity index (χ3n) is 5.65. The van der Waals surface area contributed by atoms with Gasteiger partial charge in [-0.1, -0.05) is 31.9 Å². The molecular weight excluding hydrogens is 412 g/mol. The van der Waals surface area contributed by atoms with E-state index in [2.05, 4.69) is 17.2 Å². The molecule has 1 amide bonds. The average molecular weight is 441 g/mol. The van der Waals surface area contributed by atoms with Crippen LogP contribution in [0.15, 0.2) is 53.4 Å². The van der Waals surface area contributed by atoms with Crippen molar-refractivity contribution in [2.75, 3.05) is 18.4 Å². The Morgan fingerprint density at radius 3 is 2.35 bits per heavy atom. The number of hydrogen-bond donors (Lipinski definition) is 1. The van der Waals surface area contributed by atoms with Gasteiger partial charge in [-0.3, -0.25) is 10.1 Å². The maximum atomic E-state index is 12.9. The van der Waals surface area contributed by atoms with Crippen LogP contribution in [-0.2, 0) is 16.6 Å². The van der Waals surface area contributed by atoms with Gasteiger partial charge in [0.2, 0.25) is 16.0 Å². The van der Waals surface area contributed by atoms with E-state index in [1.54, 1.807) is 16.4 Å². The molecule has 0 spiro atoms. The van der Waals surface area contributed by atoms with E-state index < -0.39 is 10.0 Å². The highest BCUT2D eigenvalue weighted by Crippen LogP contribution is 2.23. The number of aryl methyl sites for hydroxylation is 1. The number of hydrogen-bond acceptors (Lipinski definition) is 4. The normalized spacial score (nSPS) is 15.6. The Bertz CT molecular complexity index is 1160. The summed E-state index contributed by atoms with van der Waals surface area (Å²) in [6, 6.07) is 13.9. The monoisotopic (exact) mass is 440 g/mol. The Kier molecular flexibility index (Phi) is 6.38. The lowest BCUT2D eigenvalue weighted by Gasteiger charge is -2.20. The van der Waals surface area contributed by atoms with Gasteiger partial charge in [0.15, 0.2) is 0 Å². The maximum absolute atomic E-state index is 12.9. The summed E-state index contributed by atoms with van der Waals surface area (Å²) >= 11 is 0. The van der Waals surface area contributed by atoms with Crippen LogP contribution in [-0.4, -0.2) is 41.3 Å². The topological polar surface area (TPSA) is 84.3 Å². The number of fused-ring (bicyclic) bond motifs is 1. The third kappa shape index (κ3) is 4.50. The van der Waals surface area contributed by atoms with E-state index in [0.717, 1.165) is 49.7 Å². The molecule has 8 heteroatoms. The molecule has 0 unspecified atom stereocenters. The second-order valence-corrected chi connectivity index (χ2v) is 9.81. The van der Waals surface area contributed by atoms with Crippen molar-refractivity contribution in [2.24, 2.45) is 0 Å². The van der Waals surface area contributed by atoms with E-state index in [1.807, 2.05) is 28.8 Å². The quantitative estimate of drug-likeness (QED) is 0.621. The zero-order valence-corrected chi connectivity index (χ0v) is 18.6. The Hall–Kier alpha value is -2.71. The van der Waals surface area contributed by atoms with Crippen LogP contribution in [0.2, 0.25) is 0 Å². The zero-order chi connectivity index (χ0) is 21.8. The lowest BCUT2D eigenvalue weighted by molar-refractivity contribution is 0.102. The van der Waals surface area contributed by atoms with Gasteiger partial charge in [0.1, 0.15) is 0 Å². The molecule has 1 fully saturated rings. The maximum Gasteiger partial charge on any atom is 0.257 e. The highest BCUT2D eigenvalue weighted by molar-refractivity contribution is 7.89. The molecule has 2 heterocycles. The minimum atomic E-state index is -3.53. The molecule has 0 aliphatic carbocycles. The largest absolute Gasteiger partial charge is 0.310 e. The van der Waals surface area contributed by atoms with Crippen LogP contribution in [0.4, 0.5) is 5.95 Å². The van der Waals surface area contributed by atoms with Crippen molar-refractivity contribution in [3.63, 3.8) is 0 Å². The van der Waals surface area contributed by atoms with Crippen molar-refractivity contribution < 1.29 is 13.2 Å². The van der Waals surface area contributed by atoms with Crippen molar-refractivity contribution >= 4 is 32.9 Å². The van der Waals surface area contributed by atoms with Crippen LogP contribution >= 0.6 is 0 Å². The predicted octanol–water partition coefficient (Wildman–Crippen LogP) is 4.26. The highest BCUT2D eigenvalue weighted by Gasteiger charge is 2.25. The smallest absolute Gasteiger partial charge is 0.257 e. The predicted molar refractivity (Wildman–Crippen MR) is 122 cm³/mol. The molecule has 2 aromatic carbocycles. The number of nitrogens with zero attached hydrogens (tertiary/aromatic N) is 3. The summed E-state index contributed by atoms with van der Waals surface area (Å²) in [6.07, 6.45) is 4.81. The molecule has 0 radical (unpaired) electrons. The molecule has 0 saturated carbocycles. The van der Waals surface area contributed by atoms with Crippen molar-refractivity contribution in [2.45, 2.75) is 50.5 Å². The molecule has 1 aromatic heterocycles. The number of amides is 1. The number of rotatable bonds is 6. The summed E-state index contributed by atoms with van der Waals surface area (Å²) in [6.45, 7) is 3.92. The van der Waals surface area contributed by atoms with Crippen LogP contribution in [0.5, 0.6) is 0 Å². The summed E-state index contributed by atoms with van der Waals surface area (Å²) in [5.74, 6) is 0.181. The van der Waals surface area contributed by atoms with Gasteiger partial charge in [0.05, 0.1) is 15.9 Å². The molecular formula is C23H28N4O3S. The number of anilines is 1. The molecule has 164 valence electrons. The summed E-state index contributed by atoms with van der Waals surface area (Å²) < 4.78 is 29.4. The van der Waals surface area contributed by atoms with Gasteiger partial charge in [-0.05, 0) is 55.7 Å². The van der Waals surface area contributed by atoms with Crippen LogP contribution in [0.3, 0.4) is 0 Å². The molecule has 31 heavy (non-hydrogen) atoms. The Labute approximate surface area is 183 Å². The first kappa shape index (κ1) is 21.5. The van der Waals surface area contributed by atoms with E-state index in [1.165, 1.54) is 12.1 Å². The second kappa shape index (κ2) is 9.20. The van der Waals surface area contributed by atoms with Gasteiger partial charge in [0, 0.05) is 25.2 Å². The minimum Gasteiger partial charge on any atom is -0.310 e. The standard InChI is InChI=1S/C23H28N4O3S/c1-2-15-27-21-10-6-5-9-20(21)24-23(27)25-22(28)18-11-13-19(14-12-18)31(29,30)26-16-7-3-4-8-17-26/h5-6,9-14H,2-4,7-8,15-17H2,1H3,(H,24,25,28). The molecule has 1 aliphatic heterocycles. The van der Waals surface area contributed by atoms with Crippen LogP contribution in [0.1, 0.15) is 49.4 Å². The van der Waals surface area contributed by atoms with E-state index in [-0.39, 0.29) is 10.8 Å². The van der Waals surface area contributed by atoms with Crippen molar-refractivity contribution in [1.82, 2.24) is 13.9 Å². The number of sulfonamides is 1. The number of para-hydroxylation sites is 2. The summed E-state index contributed by atoms with van der Waals surface area (Å²) in [5, 5.41) is 2.88. The third-order valence-corrected chi connectivity index (χ3v) is 7.56. The number of aromatic nitrogens is 2. The first-order valence-electron chi connectivity index (χ1n) is 10.9. The lowest BCUT2D eigenvalue weighted by Crippen LogP contribution is -2.31. The van der Waals surface area contributed by atoms with Gasteiger partial charge in [-0.2, -0.15) is 4.31 Å². The Morgan fingerprint density at radius 1 is 1.00 bits per heavy atom. The molecule has 4 rings (SSSR count). The summed E-state index contributed by atoms with van der Waals surface area (Å²) in [4.78, 5) is 17.6. The molecule has 0 bridgehead atoms. The number of nitrogens with one attached hydrogen (secondary N) is 1. The fraction of sp³-hybridized carbons (Fsp3) is 0.391. The lowest BCUT2D eigenvalue weighted by atomic mass is 10.2. The molecule has 7 nitrogen and oxygen atoms in total. The first-order chi connectivity index (χ1) is 15.0. The van der Waals surface area contributed by atoms with Gasteiger partial charge in [-0.25, -0.2) is 13.4 Å². The fourth-order valence-corrected chi connectivity index (χ4v) is 5.52. The summed E-state index contributed by atoms with van der Waals surface area (Å²) in [5.41, 5.74) is 2.19.